The van der Waals surface area contributed by atoms with Crippen LogP contribution in [0.5, 0.6) is 0 Å². The van der Waals surface area contributed by atoms with Gasteiger partial charge in [0.2, 0.25) is 5.78 Å². The van der Waals surface area contributed by atoms with E-state index in [-0.39, 0.29) is 12.8 Å². The Labute approximate surface area is 133 Å². The van der Waals surface area contributed by atoms with E-state index in [1.807, 2.05) is 0 Å². The summed E-state index contributed by atoms with van der Waals surface area (Å²) in [4.78, 5) is 37.1. The number of carbonyl (C=O) groups excluding carboxylic acids is 3. The third kappa shape index (κ3) is 4.08. The molecule has 0 aromatic rings. The van der Waals surface area contributed by atoms with Crippen molar-refractivity contribution in [2.24, 2.45) is 11.3 Å². The highest BCUT2D eigenvalue weighted by atomic mass is 16.6. The summed E-state index contributed by atoms with van der Waals surface area (Å²) in [5.41, 5.74) is -2.02. The average molecular weight is 330 g/mol. The summed E-state index contributed by atoms with van der Waals surface area (Å²) < 4.78 is 9.44. The third-order valence-electron chi connectivity index (χ3n) is 3.79. The van der Waals surface area contributed by atoms with Crippen LogP contribution in [-0.4, -0.2) is 45.6 Å². The fourth-order valence-corrected chi connectivity index (χ4v) is 2.87. The van der Waals surface area contributed by atoms with E-state index in [2.05, 4.69) is 6.58 Å². The number of hydrogen-bond acceptors (Lipinski definition) is 8. The van der Waals surface area contributed by atoms with Gasteiger partial charge in [0, 0.05) is 0 Å². The Morgan fingerprint density at radius 2 is 1.70 bits per heavy atom. The Morgan fingerprint density at radius 3 is 2.17 bits per heavy atom. The van der Waals surface area contributed by atoms with E-state index in [1.54, 1.807) is 0 Å². The number of aliphatic hydroxyl groups is 3. The van der Waals surface area contributed by atoms with Gasteiger partial charge in [0.05, 0.1) is 5.92 Å². The molecule has 0 bridgehead atoms. The molecule has 130 valence electrons. The van der Waals surface area contributed by atoms with Gasteiger partial charge in [-0.25, -0.2) is 0 Å². The van der Waals surface area contributed by atoms with Crippen molar-refractivity contribution in [3.63, 3.8) is 0 Å². The normalized spacial score (nSPS) is 26.7. The van der Waals surface area contributed by atoms with Crippen LogP contribution in [0.1, 0.15) is 39.5 Å². The van der Waals surface area contributed by atoms with E-state index in [4.69, 9.17) is 9.47 Å². The van der Waals surface area contributed by atoms with Gasteiger partial charge in [-0.05, 0) is 26.7 Å². The van der Waals surface area contributed by atoms with Gasteiger partial charge in [0.25, 0.3) is 0 Å². The first-order chi connectivity index (χ1) is 10.6. The van der Waals surface area contributed by atoms with Gasteiger partial charge in [0.1, 0.15) is 5.41 Å². The first-order valence-corrected chi connectivity index (χ1v) is 7.33. The predicted molar refractivity (Wildman–Crippen MR) is 76.7 cm³/mol. The van der Waals surface area contributed by atoms with Crippen LogP contribution in [0.2, 0.25) is 0 Å². The number of Topliss-reactive ketones (excluding diaryl/α,β-unsaturated/α-hetero) is 1. The molecular formula is C15H22O8. The fourth-order valence-electron chi connectivity index (χ4n) is 2.87. The Morgan fingerprint density at radius 1 is 1.13 bits per heavy atom. The van der Waals surface area contributed by atoms with Crippen molar-refractivity contribution in [2.75, 3.05) is 0 Å². The van der Waals surface area contributed by atoms with Gasteiger partial charge in [-0.2, -0.15) is 0 Å². The van der Waals surface area contributed by atoms with Crippen LogP contribution < -0.4 is 0 Å². The molecule has 8 nitrogen and oxygen atoms in total. The molecule has 0 aromatic heterocycles. The topological polar surface area (TPSA) is 130 Å². The zero-order chi connectivity index (χ0) is 17.8. The van der Waals surface area contributed by atoms with Crippen molar-refractivity contribution in [3.05, 3.63) is 12.3 Å². The minimum absolute atomic E-state index is 0.0590. The van der Waals surface area contributed by atoms with Crippen LogP contribution in [0.3, 0.4) is 0 Å². The maximum absolute atomic E-state index is 12.5. The van der Waals surface area contributed by atoms with E-state index in [0.717, 1.165) is 0 Å². The van der Waals surface area contributed by atoms with Crippen LogP contribution in [-0.2, 0) is 23.9 Å². The maximum Gasteiger partial charge on any atom is 0.323 e. The quantitative estimate of drug-likeness (QED) is 0.212. The van der Waals surface area contributed by atoms with E-state index >= 15 is 0 Å². The first-order valence-electron chi connectivity index (χ1n) is 7.33. The molecular weight excluding hydrogens is 308 g/mol. The van der Waals surface area contributed by atoms with Gasteiger partial charge >= 0.3 is 11.9 Å². The zero-order valence-electron chi connectivity index (χ0n) is 13.2. The molecule has 0 spiro atoms. The summed E-state index contributed by atoms with van der Waals surface area (Å²) in [6.45, 7) is 5.51. The number of allylic oxidation sites excluding steroid dienone is 1. The summed E-state index contributed by atoms with van der Waals surface area (Å²) in [5, 5.41) is 28.0. The van der Waals surface area contributed by atoms with Crippen molar-refractivity contribution in [1.29, 1.82) is 0 Å². The standard InChI is InChI=1S/C15H22O8/c1-8(16)12(19)15(14(21)23-10(3)18)7-5-4-6-11(15)13(20)22-9(2)17/h9-11,16-18H,1,4-7H2,2-3H3. The molecule has 4 unspecified atom stereocenters. The Hall–Kier alpha value is -1.93. The van der Waals surface area contributed by atoms with E-state index < -0.39 is 47.4 Å². The minimum Gasteiger partial charge on any atom is -0.505 e. The molecule has 23 heavy (non-hydrogen) atoms. The van der Waals surface area contributed by atoms with Crippen LogP contribution in [0.25, 0.3) is 0 Å². The number of ketones is 1. The van der Waals surface area contributed by atoms with Crippen molar-refractivity contribution >= 4 is 17.7 Å². The van der Waals surface area contributed by atoms with E-state index in [0.29, 0.717) is 12.8 Å². The van der Waals surface area contributed by atoms with Crippen molar-refractivity contribution in [2.45, 2.75) is 52.1 Å². The third-order valence-corrected chi connectivity index (χ3v) is 3.79. The van der Waals surface area contributed by atoms with Crippen LogP contribution in [0.15, 0.2) is 12.3 Å². The molecule has 1 rings (SSSR count). The molecule has 0 radical (unpaired) electrons. The summed E-state index contributed by atoms with van der Waals surface area (Å²) in [6.07, 6.45) is -1.84. The highest BCUT2D eigenvalue weighted by molar-refractivity contribution is 6.13. The lowest BCUT2D eigenvalue weighted by molar-refractivity contribution is -0.196. The summed E-state index contributed by atoms with van der Waals surface area (Å²) in [6, 6.07) is 0. The van der Waals surface area contributed by atoms with Gasteiger partial charge in [-0.15, -0.1) is 0 Å². The SMILES string of the molecule is C=C(O)C(=O)C1(C(=O)OC(C)O)CCCCC1C(=O)OC(C)O. The second kappa shape index (κ2) is 7.56. The van der Waals surface area contributed by atoms with Gasteiger partial charge in [-0.3, -0.25) is 14.4 Å². The molecule has 1 saturated carbocycles. The Kier molecular flexibility index (Phi) is 6.28. The number of aliphatic hydroxyl groups excluding tert-OH is 3. The Bertz CT molecular complexity index is 496. The molecule has 0 aromatic carbocycles. The molecule has 0 amide bonds. The lowest BCUT2D eigenvalue weighted by atomic mass is 9.63. The van der Waals surface area contributed by atoms with Crippen molar-refractivity contribution < 1.29 is 39.2 Å². The number of ether oxygens (including phenoxy) is 2. The molecule has 8 heteroatoms. The number of carbonyl (C=O) groups is 3. The van der Waals surface area contributed by atoms with Gasteiger partial charge in [0.15, 0.2) is 18.3 Å². The second-order valence-corrected chi connectivity index (χ2v) is 5.59. The number of esters is 2. The van der Waals surface area contributed by atoms with E-state index in [1.165, 1.54) is 13.8 Å². The lowest BCUT2D eigenvalue weighted by Gasteiger charge is -2.39. The van der Waals surface area contributed by atoms with Crippen molar-refractivity contribution in [3.8, 4) is 0 Å². The molecule has 0 aliphatic heterocycles. The zero-order valence-corrected chi connectivity index (χ0v) is 13.2. The highest BCUT2D eigenvalue weighted by Gasteiger charge is 2.58. The monoisotopic (exact) mass is 330 g/mol. The lowest BCUT2D eigenvalue weighted by Crippen LogP contribution is -2.53. The first kappa shape index (κ1) is 19.1. The summed E-state index contributed by atoms with van der Waals surface area (Å²) in [5.74, 6) is -5.25. The predicted octanol–water partition coefficient (Wildman–Crippen LogP) is 0.567. The average Bonchev–Trinajstić information content (AvgIpc) is 2.44. The smallest absolute Gasteiger partial charge is 0.323 e. The molecule has 4 atom stereocenters. The summed E-state index contributed by atoms with van der Waals surface area (Å²) in [7, 11) is 0. The Balaban J connectivity index is 3.31. The minimum atomic E-state index is -2.02. The molecule has 0 saturated heterocycles. The largest absolute Gasteiger partial charge is 0.505 e. The van der Waals surface area contributed by atoms with Crippen LogP contribution >= 0.6 is 0 Å². The second-order valence-electron chi connectivity index (χ2n) is 5.59. The van der Waals surface area contributed by atoms with Crippen LogP contribution in [0, 0.1) is 11.3 Å². The highest BCUT2D eigenvalue weighted by Crippen LogP contribution is 2.45. The number of hydrogen-bond donors (Lipinski definition) is 3. The molecule has 3 N–H and O–H groups in total. The molecule has 1 aliphatic carbocycles. The van der Waals surface area contributed by atoms with Crippen LogP contribution in [0.4, 0.5) is 0 Å². The van der Waals surface area contributed by atoms with Crippen molar-refractivity contribution in [1.82, 2.24) is 0 Å². The maximum atomic E-state index is 12.5. The number of rotatable bonds is 6. The van der Waals surface area contributed by atoms with E-state index in [9.17, 15) is 29.7 Å². The summed E-state index contributed by atoms with van der Waals surface area (Å²) >= 11 is 0. The van der Waals surface area contributed by atoms with Gasteiger partial charge in [-0.1, -0.05) is 19.4 Å². The molecule has 1 aliphatic rings. The van der Waals surface area contributed by atoms with Gasteiger partial charge < -0.3 is 24.8 Å². The molecule has 1 fully saturated rings. The fraction of sp³-hybridized carbons (Fsp3) is 0.667. The molecule has 0 heterocycles.